The van der Waals surface area contributed by atoms with E-state index in [1.165, 1.54) is 18.1 Å². The zero-order valence-corrected chi connectivity index (χ0v) is 15.6. The third-order valence-corrected chi connectivity index (χ3v) is 6.02. The minimum atomic E-state index is -0.346. The summed E-state index contributed by atoms with van der Waals surface area (Å²) < 4.78 is 11.4. The van der Waals surface area contributed by atoms with Gasteiger partial charge in [-0.25, -0.2) is 9.59 Å². The molecule has 0 bridgehead atoms. The second-order valence-corrected chi connectivity index (χ2v) is 7.74. The van der Waals surface area contributed by atoms with Gasteiger partial charge in [0.2, 0.25) is 0 Å². The number of carbonyl (C=O) groups is 2. The Hall–Kier alpha value is -2.30. The van der Waals surface area contributed by atoms with Crippen molar-refractivity contribution in [3.63, 3.8) is 0 Å². The van der Waals surface area contributed by atoms with Crippen molar-refractivity contribution in [1.82, 2.24) is 4.90 Å². The lowest BCUT2D eigenvalue weighted by molar-refractivity contribution is -0.141. The molecule has 0 unspecified atom stereocenters. The number of ether oxygens (including phenoxy) is 2. The van der Waals surface area contributed by atoms with E-state index in [0.29, 0.717) is 6.54 Å². The SMILES string of the molecule is O=C1C=C[C@@H]([C@H]2CCCCN2C(=O)O[C@@H]2CCCC[C@H]2c2ccccc2)O1. The van der Waals surface area contributed by atoms with Crippen molar-refractivity contribution in [3.05, 3.63) is 48.0 Å². The molecule has 0 aromatic heterocycles. The van der Waals surface area contributed by atoms with Gasteiger partial charge in [0.05, 0.1) is 6.04 Å². The maximum atomic E-state index is 13.0. The quantitative estimate of drug-likeness (QED) is 0.750. The molecule has 0 spiro atoms. The average Bonchev–Trinajstić information content (AvgIpc) is 3.15. The first-order valence-electron chi connectivity index (χ1n) is 10.1. The number of carbonyl (C=O) groups excluding carboxylic acids is 2. The Morgan fingerprint density at radius 2 is 1.81 bits per heavy atom. The number of cyclic esters (lactones) is 1. The summed E-state index contributed by atoms with van der Waals surface area (Å²) in [6.07, 6.45) is 9.58. The fourth-order valence-electron chi connectivity index (χ4n) is 4.64. The summed E-state index contributed by atoms with van der Waals surface area (Å²) >= 11 is 0. The number of benzene rings is 1. The average molecular weight is 369 g/mol. The van der Waals surface area contributed by atoms with Gasteiger partial charge in [0, 0.05) is 18.5 Å². The highest BCUT2D eigenvalue weighted by Crippen LogP contribution is 2.36. The van der Waals surface area contributed by atoms with E-state index < -0.39 is 0 Å². The van der Waals surface area contributed by atoms with Crippen LogP contribution in [-0.2, 0) is 14.3 Å². The van der Waals surface area contributed by atoms with Crippen molar-refractivity contribution in [3.8, 4) is 0 Å². The summed E-state index contributed by atoms with van der Waals surface area (Å²) in [7, 11) is 0. The molecule has 2 aliphatic heterocycles. The molecule has 4 atom stereocenters. The molecule has 2 fully saturated rings. The summed E-state index contributed by atoms with van der Waals surface area (Å²) in [5.74, 6) is -0.0633. The van der Waals surface area contributed by atoms with E-state index in [2.05, 4.69) is 12.1 Å². The third-order valence-electron chi connectivity index (χ3n) is 6.02. The Morgan fingerprint density at radius 1 is 1.04 bits per heavy atom. The number of nitrogens with zero attached hydrogens (tertiary/aromatic N) is 1. The Kier molecular flexibility index (Phi) is 5.46. The summed E-state index contributed by atoms with van der Waals surface area (Å²) in [5, 5.41) is 0. The molecule has 5 heteroatoms. The normalized spacial score (nSPS) is 30.8. The van der Waals surface area contributed by atoms with Crippen LogP contribution in [-0.4, -0.2) is 41.8 Å². The number of hydrogen-bond acceptors (Lipinski definition) is 4. The Morgan fingerprint density at radius 3 is 2.59 bits per heavy atom. The monoisotopic (exact) mass is 369 g/mol. The first kappa shape index (κ1) is 18.1. The predicted octanol–water partition coefficient (Wildman–Crippen LogP) is 4.19. The molecule has 27 heavy (non-hydrogen) atoms. The lowest BCUT2D eigenvalue weighted by Crippen LogP contribution is -2.50. The number of rotatable bonds is 3. The van der Waals surface area contributed by atoms with Crippen molar-refractivity contribution in [1.29, 1.82) is 0 Å². The molecule has 1 saturated carbocycles. The molecule has 1 amide bonds. The molecule has 1 saturated heterocycles. The number of amides is 1. The summed E-state index contributed by atoms with van der Waals surface area (Å²) in [6, 6.07) is 10.2. The zero-order valence-electron chi connectivity index (χ0n) is 15.6. The molecular formula is C22H27NO4. The van der Waals surface area contributed by atoms with E-state index in [9.17, 15) is 9.59 Å². The van der Waals surface area contributed by atoms with Gasteiger partial charge in [-0.1, -0.05) is 36.8 Å². The Labute approximate surface area is 160 Å². The van der Waals surface area contributed by atoms with E-state index in [0.717, 1.165) is 38.5 Å². The van der Waals surface area contributed by atoms with Crippen LogP contribution in [0.4, 0.5) is 4.79 Å². The lowest BCUT2D eigenvalue weighted by Gasteiger charge is -2.39. The standard InChI is InChI=1S/C22H27NO4/c24-21-14-13-20(26-21)18-11-6-7-15-23(18)22(25)27-19-12-5-4-10-17(19)16-8-2-1-3-9-16/h1-3,8-9,13-14,17-20H,4-7,10-12,15H2/t17-,18+,19+,20-/m0/s1. The van der Waals surface area contributed by atoms with Crippen LogP contribution < -0.4 is 0 Å². The van der Waals surface area contributed by atoms with Gasteiger partial charge in [-0.3, -0.25) is 0 Å². The Balaban J connectivity index is 1.46. The zero-order chi connectivity index (χ0) is 18.6. The second kappa shape index (κ2) is 8.15. The summed E-state index contributed by atoms with van der Waals surface area (Å²) in [6.45, 7) is 0.661. The molecule has 4 rings (SSSR count). The van der Waals surface area contributed by atoms with Gasteiger partial charge in [0.1, 0.15) is 12.2 Å². The van der Waals surface area contributed by atoms with Gasteiger partial charge in [0.15, 0.2) is 0 Å². The van der Waals surface area contributed by atoms with Crippen LogP contribution >= 0.6 is 0 Å². The highest BCUT2D eigenvalue weighted by Gasteiger charge is 2.38. The molecule has 3 aliphatic rings. The molecule has 144 valence electrons. The van der Waals surface area contributed by atoms with Crippen LogP contribution in [0.15, 0.2) is 42.5 Å². The van der Waals surface area contributed by atoms with Crippen LogP contribution in [0.5, 0.6) is 0 Å². The number of likely N-dealkylation sites (tertiary alicyclic amines) is 1. The number of hydrogen-bond donors (Lipinski definition) is 0. The Bertz CT molecular complexity index is 702. The van der Waals surface area contributed by atoms with Crippen molar-refractivity contribution >= 4 is 12.1 Å². The maximum Gasteiger partial charge on any atom is 0.410 e. The van der Waals surface area contributed by atoms with Crippen LogP contribution in [0.25, 0.3) is 0 Å². The molecule has 1 aromatic carbocycles. The number of esters is 1. The van der Waals surface area contributed by atoms with E-state index in [1.807, 2.05) is 18.2 Å². The smallest absolute Gasteiger partial charge is 0.410 e. The van der Waals surface area contributed by atoms with Crippen molar-refractivity contribution in [2.45, 2.75) is 69.1 Å². The van der Waals surface area contributed by atoms with Crippen molar-refractivity contribution in [2.24, 2.45) is 0 Å². The lowest BCUT2D eigenvalue weighted by atomic mass is 9.81. The fraction of sp³-hybridized carbons (Fsp3) is 0.545. The molecule has 1 aromatic rings. The van der Waals surface area contributed by atoms with Crippen molar-refractivity contribution in [2.75, 3.05) is 6.54 Å². The second-order valence-electron chi connectivity index (χ2n) is 7.74. The van der Waals surface area contributed by atoms with E-state index in [4.69, 9.17) is 9.47 Å². The van der Waals surface area contributed by atoms with E-state index in [-0.39, 0.29) is 36.2 Å². The minimum Gasteiger partial charge on any atom is -0.453 e. The molecule has 0 radical (unpaired) electrons. The largest absolute Gasteiger partial charge is 0.453 e. The highest BCUT2D eigenvalue weighted by molar-refractivity contribution is 5.84. The summed E-state index contributed by atoms with van der Waals surface area (Å²) in [4.78, 5) is 26.3. The maximum absolute atomic E-state index is 13.0. The van der Waals surface area contributed by atoms with Gasteiger partial charge in [0.25, 0.3) is 0 Å². The van der Waals surface area contributed by atoms with Gasteiger partial charge in [-0.15, -0.1) is 0 Å². The fourth-order valence-corrected chi connectivity index (χ4v) is 4.64. The highest BCUT2D eigenvalue weighted by atomic mass is 16.6. The van der Waals surface area contributed by atoms with Crippen LogP contribution in [0.2, 0.25) is 0 Å². The number of piperidine rings is 1. The van der Waals surface area contributed by atoms with Crippen LogP contribution in [0.3, 0.4) is 0 Å². The van der Waals surface area contributed by atoms with Gasteiger partial charge in [-0.2, -0.15) is 0 Å². The van der Waals surface area contributed by atoms with Crippen LogP contribution in [0.1, 0.15) is 56.4 Å². The van der Waals surface area contributed by atoms with E-state index >= 15 is 0 Å². The topological polar surface area (TPSA) is 55.8 Å². The summed E-state index contributed by atoms with van der Waals surface area (Å²) in [5.41, 5.74) is 1.25. The molecular weight excluding hydrogens is 342 g/mol. The molecule has 5 nitrogen and oxygen atoms in total. The first-order valence-corrected chi connectivity index (χ1v) is 10.1. The minimum absolute atomic E-state index is 0.0853. The van der Waals surface area contributed by atoms with Crippen LogP contribution in [0, 0.1) is 0 Å². The predicted molar refractivity (Wildman–Crippen MR) is 101 cm³/mol. The first-order chi connectivity index (χ1) is 13.2. The third kappa shape index (κ3) is 4.02. The van der Waals surface area contributed by atoms with Gasteiger partial charge in [-0.05, 0) is 50.2 Å². The van der Waals surface area contributed by atoms with E-state index in [1.54, 1.807) is 11.0 Å². The van der Waals surface area contributed by atoms with Gasteiger partial charge < -0.3 is 14.4 Å². The molecule has 0 N–H and O–H groups in total. The van der Waals surface area contributed by atoms with Gasteiger partial charge >= 0.3 is 12.1 Å². The molecule has 2 heterocycles. The van der Waals surface area contributed by atoms with Crippen molar-refractivity contribution < 1.29 is 19.1 Å². The molecule has 1 aliphatic carbocycles.